The van der Waals surface area contributed by atoms with Gasteiger partial charge in [0.2, 0.25) is 0 Å². The van der Waals surface area contributed by atoms with Crippen LogP contribution in [0.2, 0.25) is 0 Å². The van der Waals surface area contributed by atoms with Gasteiger partial charge in [0, 0.05) is 22.4 Å². The van der Waals surface area contributed by atoms with Crippen molar-refractivity contribution < 1.29 is 35.5 Å². The van der Waals surface area contributed by atoms with Crippen molar-refractivity contribution in [3.05, 3.63) is 70.5 Å². The van der Waals surface area contributed by atoms with Gasteiger partial charge >= 0.3 is 6.18 Å². The summed E-state index contributed by atoms with van der Waals surface area (Å²) >= 11 is 3.07. The summed E-state index contributed by atoms with van der Waals surface area (Å²) in [5, 5.41) is 0. The van der Waals surface area contributed by atoms with E-state index in [1.807, 2.05) is 4.72 Å². The molecule has 0 radical (unpaired) electrons. The molecule has 1 amide bonds. The maximum absolute atomic E-state index is 13.6. The normalized spacial score (nSPS) is 11.9. The predicted octanol–water partition coefficient (Wildman–Crippen LogP) is 3.92. The lowest BCUT2D eigenvalue weighted by molar-refractivity contribution is -0.137. The molecule has 0 unspecified atom stereocenters. The number of ether oxygens (including phenoxy) is 1. The van der Waals surface area contributed by atoms with Crippen molar-refractivity contribution in [1.29, 1.82) is 0 Å². The summed E-state index contributed by atoms with van der Waals surface area (Å²) < 4.78 is 85.3. The molecular weight excluding hydrogens is 510 g/mol. The Morgan fingerprint density at radius 1 is 1.19 bits per heavy atom. The second kappa shape index (κ2) is 8.30. The van der Waals surface area contributed by atoms with Crippen molar-refractivity contribution in [3.63, 3.8) is 0 Å². The molecule has 1 N–H and O–H groups in total. The third-order valence-electron chi connectivity index (χ3n) is 3.98. The fourth-order valence-corrected chi connectivity index (χ4v) is 4.45. The van der Waals surface area contributed by atoms with Gasteiger partial charge in [-0.25, -0.2) is 22.5 Å². The number of carbonyl (C=O) groups excluding carboxylic acids is 1. The molecule has 7 nitrogen and oxygen atoms in total. The standard InChI is InChI=1S/C18H12BrF4N3O4S/c1-30-13-2-3-14(19)16(7-13)31(28,29)25-17(27)15-8-26(9-24-15)12-5-10(18(21,22)23)4-11(20)6-12/h2-9H,1H3,(H,25,27). The average Bonchev–Trinajstić information content (AvgIpc) is 3.17. The zero-order valence-electron chi connectivity index (χ0n) is 15.4. The molecule has 0 aliphatic carbocycles. The zero-order chi connectivity index (χ0) is 23.0. The molecule has 31 heavy (non-hydrogen) atoms. The highest BCUT2D eigenvalue weighted by atomic mass is 79.9. The van der Waals surface area contributed by atoms with E-state index in [-0.39, 0.29) is 20.8 Å². The number of nitrogens with zero attached hydrogens (tertiary/aromatic N) is 2. The molecule has 0 bridgehead atoms. The van der Waals surface area contributed by atoms with Crippen LogP contribution in [0.5, 0.6) is 5.75 Å². The van der Waals surface area contributed by atoms with Gasteiger partial charge in [0.1, 0.15) is 28.5 Å². The van der Waals surface area contributed by atoms with E-state index in [4.69, 9.17) is 4.74 Å². The van der Waals surface area contributed by atoms with Gasteiger partial charge in [0.25, 0.3) is 15.9 Å². The summed E-state index contributed by atoms with van der Waals surface area (Å²) in [5.74, 6) is -2.05. The Balaban J connectivity index is 1.88. The highest BCUT2D eigenvalue weighted by Gasteiger charge is 2.31. The first-order chi connectivity index (χ1) is 14.4. The van der Waals surface area contributed by atoms with E-state index in [1.54, 1.807) is 0 Å². The maximum Gasteiger partial charge on any atom is 0.416 e. The average molecular weight is 522 g/mol. The Morgan fingerprint density at radius 2 is 1.90 bits per heavy atom. The van der Waals surface area contributed by atoms with Crippen molar-refractivity contribution in [3.8, 4) is 11.4 Å². The Morgan fingerprint density at radius 3 is 2.55 bits per heavy atom. The third kappa shape index (κ3) is 5.05. The summed E-state index contributed by atoms with van der Waals surface area (Å²) in [6.45, 7) is 0. The number of rotatable bonds is 5. The lowest BCUT2D eigenvalue weighted by Gasteiger charge is -2.10. The number of hydrogen-bond donors (Lipinski definition) is 1. The molecule has 0 saturated heterocycles. The highest BCUT2D eigenvalue weighted by molar-refractivity contribution is 9.10. The fourth-order valence-electron chi connectivity index (χ4n) is 2.51. The molecule has 3 rings (SSSR count). The first kappa shape index (κ1) is 22.7. The number of alkyl halides is 3. The van der Waals surface area contributed by atoms with Gasteiger partial charge in [-0.15, -0.1) is 0 Å². The van der Waals surface area contributed by atoms with Crippen LogP contribution in [-0.2, 0) is 16.2 Å². The van der Waals surface area contributed by atoms with Crippen LogP contribution >= 0.6 is 15.9 Å². The Hall–Kier alpha value is -2.93. The SMILES string of the molecule is COc1ccc(Br)c(S(=O)(=O)NC(=O)c2cn(-c3cc(F)cc(C(F)(F)F)c3)cn2)c1. The van der Waals surface area contributed by atoms with Crippen LogP contribution in [0.15, 0.2) is 58.3 Å². The number of amides is 1. The first-order valence-corrected chi connectivity index (χ1v) is 10.5. The van der Waals surface area contributed by atoms with Crippen molar-refractivity contribution in [2.45, 2.75) is 11.1 Å². The minimum atomic E-state index is -4.78. The smallest absolute Gasteiger partial charge is 0.416 e. The van der Waals surface area contributed by atoms with Gasteiger partial charge in [-0.3, -0.25) is 4.79 Å². The molecule has 13 heteroatoms. The van der Waals surface area contributed by atoms with Gasteiger partial charge in [0.05, 0.1) is 12.7 Å². The number of hydrogen-bond acceptors (Lipinski definition) is 5. The van der Waals surface area contributed by atoms with Crippen molar-refractivity contribution >= 4 is 31.9 Å². The largest absolute Gasteiger partial charge is 0.497 e. The predicted molar refractivity (Wildman–Crippen MR) is 104 cm³/mol. The summed E-state index contributed by atoms with van der Waals surface area (Å²) in [7, 11) is -3.01. The number of nitrogens with one attached hydrogen (secondary N) is 1. The van der Waals surface area contributed by atoms with Crippen LogP contribution in [0.1, 0.15) is 16.1 Å². The minimum absolute atomic E-state index is 0.165. The van der Waals surface area contributed by atoms with Crippen molar-refractivity contribution in [2.75, 3.05) is 7.11 Å². The van der Waals surface area contributed by atoms with E-state index in [0.29, 0.717) is 12.1 Å². The van der Waals surface area contributed by atoms with Gasteiger partial charge in [-0.05, 0) is 46.3 Å². The summed E-state index contributed by atoms with van der Waals surface area (Å²) in [6.07, 6.45) is -2.85. The number of methoxy groups -OCH3 is 1. The Labute approximate surface area is 181 Å². The van der Waals surface area contributed by atoms with Gasteiger partial charge < -0.3 is 9.30 Å². The van der Waals surface area contributed by atoms with Crippen LogP contribution < -0.4 is 9.46 Å². The van der Waals surface area contributed by atoms with Crippen LogP contribution in [0.4, 0.5) is 17.6 Å². The summed E-state index contributed by atoms with van der Waals surface area (Å²) in [5.41, 5.74) is -1.90. The topological polar surface area (TPSA) is 90.3 Å². The van der Waals surface area contributed by atoms with E-state index in [9.17, 15) is 30.8 Å². The second-order valence-electron chi connectivity index (χ2n) is 6.09. The molecule has 0 saturated carbocycles. The molecule has 2 aromatic carbocycles. The molecule has 3 aromatic rings. The van der Waals surface area contributed by atoms with Crippen LogP contribution in [0, 0.1) is 5.82 Å². The number of aromatic nitrogens is 2. The molecular formula is C18H12BrF4N3O4S. The lowest BCUT2D eigenvalue weighted by Crippen LogP contribution is -2.31. The van der Waals surface area contributed by atoms with E-state index in [0.717, 1.165) is 23.2 Å². The summed E-state index contributed by atoms with van der Waals surface area (Å²) in [4.78, 5) is 15.8. The number of sulfonamides is 1. The van der Waals surface area contributed by atoms with E-state index < -0.39 is 39.2 Å². The monoisotopic (exact) mass is 521 g/mol. The Kier molecular flexibility index (Phi) is 6.09. The quantitative estimate of drug-likeness (QED) is 0.514. The van der Waals surface area contributed by atoms with Gasteiger partial charge in [-0.1, -0.05) is 0 Å². The van der Waals surface area contributed by atoms with E-state index >= 15 is 0 Å². The Bertz CT molecular complexity index is 1260. The lowest BCUT2D eigenvalue weighted by atomic mass is 10.2. The highest BCUT2D eigenvalue weighted by Crippen LogP contribution is 2.31. The van der Waals surface area contributed by atoms with Crippen LogP contribution in [0.25, 0.3) is 5.69 Å². The van der Waals surface area contributed by atoms with Crippen molar-refractivity contribution in [2.24, 2.45) is 0 Å². The third-order valence-corrected chi connectivity index (χ3v) is 6.30. The number of halogens is 5. The van der Waals surface area contributed by atoms with E-state index in [2.05, 4.69) is 20.9 Å². The maximum atomic E-state index is 13.6. The van der Waals surface area contributed by atoms with Crippen molar-refractivity contribution in [1.82, 2.24) is 14.3 Å². The van der Waals surface area contributed by atoms with Gasteiger partial charge in [-0.2, -0.15) is 13.2 Å². The second-order valence-corrected chi connectivity index (χ2v) is 8.60. The first-order valence-electron chi connectivity index (χ1n) is 8.23. The minimum Gasteiger partial charge on any atom is -0.497 e. The van der Waals surface area contributed by atoms with Crippen LogP contribution in [0.3, 0.4) is 0 Å². The molecule has 1 aromatic heterocycles. The summed E-state index contributed by atoms with van der Waals surface area (Å²) in [6, 6.07) is 5.89. The number of benzene rings is 2. The van der Waals surface area contributed by atoms with E-state index in [1.165, 1.54) is 25.3 Å². The van der Waals surface area contributed by atoms with Crippen LogP contribution in [-0.4, -0.2) is 31.0 Å². The number of imidazole rings is 1. The molecule has 0 atom stereocenters. The van der Waals surface area contributed by atoms with Gasteiger partial charge in [0.15, 0.2) is 0 Å². The molecule has 1 heterocycles. The molecule has 0 aliphatic rings. The molecule has 0 spiro atoms. The molecule has 0 fully saturated rings. The zero-order valence-corrected chi connectivity index (χ0v) is 17.8. The molecule has 0 aliphatic heterocycles. The number of carbonyl (C=O) groups is 1. The fraction of sp³-hybridized carbons (Fsp3) is 0.111. The molecule has 164 valence electrons.